The van der Waals surface area contributed by atoms with E-state index in [0.717, 1.165) is 64.6 Å². The van der Waals surface area contributed by atoms with Crippen molar-refractivity contribution in [2.45, 2.75) is 64.3 Å². The van der Waals surface area contributed by atoms with Crippen LogP contribution in [0.2, 0.25) is 0 Å². The average molecular weight is 386 g/mol. The quantitative estimate of drug-likeness (QED) is 0.0480. The first-order chi connectivity index (χ1) is 13.1. The highest BCUT2D eigenvalue weighted by molar-refractivity contribution is 5.96. The van der Waals surface area contributed by atoms with Crippen LogP contribution in [0, 0.1) is 0 Å². The molecular formula is C18H39N7O2. The standard InChI is InChI=1S/C18H39N7O2/c1-16(19)8-13-21-9-6-7-12-24-18(27)14-17(26)23-11-5-3-2-4-10-22-15-25-20/h15-16,21H,2-14,19-20H2,1H3,(H,22,25)(H,23,26)(H,24,27). The Morgan fingerprint density at radius 3 is 2.15 bits per heavy atom. The van der Waals surface area contributed by atoms with Gasteiger partial charge in [0.25, 0.3) is 0 Å². The lowest BCUT2D eigenvalue weighted by atomic mass is 10.2. The van der Waals surface area contributed by atoms with Gasteiger partial charge in [-0.2, -0.15) is 0 Å². The summed E-state index contributed by atoms with van der Waals surface area (Å²) in [7, 11) is 0. The van der Waals surface area contributed by atoms with E-state index in [1.807, 2.05) is 6.92 Å². The SMILES string of the molecule is CC(N)CCNCCCCNC(=O)CC(=O)NCCCCCCN=CNN. The molecule has 0 bridgehead atoms. The number of aliphatic imine (C=N–C) groups is 1. The number of carbonyl (C=O) groups excluding carboxylic acids is 2. The Morgan fingerprint density at radius 2 is 1.52 bits per heavy atom. The summed E-state index contributed by atoms with van der Waals surface area (Å²) in [5.41, 5.74) is 8.03. The fraction of sp³-hybridized carbons (Fsp3) is 0.833. The molecule has 9 heteroatoms. The molecular weight excluding hydrogens is 346 g/mol. The van der Waals surface area contributed by atoms with Crippen LogP contribution in [0.4, 0.5) is 0 Å². The van der Waals surface area contributed by atoms with Gasteiger partial charge in [0, 0.05) is 25.7 Å². The highest BCUT2D eigenvalue weighted by Crippen LogP contribution is 1.99. The van der Waals surface area contributed by atoms with E-state index in [1.54, 1.807) is 0 Å². The van der Waals surface area contributed by atoms with E-state index >= 15 is 0 Å². The molecule has 0 aromatic rings. The van der Waals surface area contributed by atoms with E-state index in [-0.39, 0.29) is 24.3 Å². The van der Waals surface area contributed by atoms with Crippen molar-refractivity contribution in [2.75, 3.05) is 32.7 Å². The zero-order valence-corrected chi connectivity index (χ0v) is 16.8. The van der Waals surface area contributed by atoms with Crippen molar-refractivity contribution in [1.82, 2.24) is 21.4 Å². The maximum atomic E-state index is 11.7. The molecule has 158 valence electrons. The molecule has 1 atom stereocenters. The van der Waals surface area contributed by atoms with Gasteiger partial charge >= 0.3 is 0 Å². The molecule has 0 fully saturated rings. The number of amides is 2. The predicted molar refractivity (Wildman–Crippen MR) is 110 cm³/mol. The number of hydrazine groups is 1. The minimum absolute atomic E-state index is 0.104. The zero-order chi connectivity index (χ0) is 20.2. The van der Waals surface area contributed by atoms with E-state index in [1.165, 1.54) is 6.34 Å². The van der Waals surface area contributed by atoms with Crippen molar-refractivity contribution in [3.8, 4) is 0 Å². The summed E-state index contributed by atoms with van der Waals surface area (Å²) in [6.45, 7) is 5.78. The van der Waals surface area contributed by atoms with Crippen LogP contribution in [0.15, 0.2) is 4.99 Å². The van der Waals surface area contributed by atoms with Crippen molar-refractivity contribution in [2.24, 2.45) is 16.6 Å². The lowest BCUT2D eigenvalue weighted by Crippen LogP contribution is -2.33. The summed E-state index contributed by atoms with van der Waals surface area (Å²) in [5, 5.41) is 8.88. The molecule has 0 saturated heterocycles. The van der Waals surface area contributed by atoms with Crippen LogP contribution >= 0.6 is 0 Å². The second kappa shape index (κ2) is 19.1. The number of carbonyl (C=O) groups is 2. The number of rotatable bonds is 18. The fourth-order valence-corrected chi connectivity index (χ4v) is 2.36. The molecule has 0 aliphatic rings. The molecule has 0 rings (SSSR count). The van der Waals surface area contributed by atoms with Gasteiger partial charge in [-0.05, 0) is 52.1 Å². The van der Waals surface area contributed by atoms with Crippen molar-refractivity contribution < 1.29 is 9.59 Å². The Balaban J connectivity index is 3.39. The smallest absolute Gasteiger partial charge is 0.229 e. The number of nitrogens with one attached hydrogen (secondary N) is 4. The molecule has 9 nitrogen and oxygen atoms in total. The number of hydrogen-bond acceptors (Lipinski definition) is 6. The van der Waals surface area contributed by atoms with Gasteiger partial charge in [-0.15, -0.1) is 0 Å². The van der Waals surface area contributed by atoms with Crippen LogP contribution in [-0.2, 0) is 9.59 Å². The third-order valence-electron chi connectivity index (χ3n) is 3.90. The van der Waals surface area contributed by atoms with Gasteiger partial charge in [-0.1, -0.05) is 12.8 Å². The fourth-order valence-electron chi connectivity index (χ4n) is 2.36. The van der Waals surface area contributed by atoms with Gasteiger partial charge in [-0.3, -0.25) is 14.6 Å². The second-order valence-corrected chi connectivity index (χ2v) is 6.72. The molecule has 0 aliphatic heterocycles. The van der Waals surface area contributed by atoms with Gasteiger partial charge in [0.1, 0.15) is 6.42 Å². The Kier molecular flexibility index (Phi) is 17.9. The first-order valence-corrected chi connectivity index (χ1v) is 10.0. The maximum absolute atomic E-state index is 11.7. The van der Waals surface area contributed by atoms with Crippen molar-refractivity contribution in [1.29, 1.82) is 0 Å². The van der Waals surface area contributed by atoms with Gasteiger partial charge in [-0.25, -0.2) is 5.84 Å². The Labute approximate surface area is 163 Å². The topological polar surface area (TPSA) is 147 Å². The van der Waals surface area contributed by atoms with Gasteiger partial charge in [0.05, 0.1) is 6.34 Å². The predicted octanol–water partition coefficient (Wildman–Crippen LogP) is -0.232. The molecule has 0 saturated carbocycles. The monoisotopic (exact) mass is 385 g/mol. The second-order valence-electron chi connectivity index (χ2n) is 6.72. The van der Waals surface area contributed by atoms with Gasteiger partial charge in [0.2, 0.25) is 11.8 Å². The van der Waals surface area contributed by atoms with E-state index in [0.29, 0.717) is 13.1 Å². The molecule has 8 N–H and O–H groups in total. The first kappa shape index (κ1) is 25.3. The third kappa shape index (κ3) is 20.5. The number of unbranched alkanes of at least 4 members (excludes halogenated alkanes) is 4. The van der Waals surface area contributed by atoms with Crippen molar-refractivity contribution in [3.63, 3.8) is 0 Å². The maximum Gasteiger partial charge on any atom is 0.229 e. The van der Waals surface area contributed by atoms with E-state index in [2.05, 4.69) is 26.4 Å². The highest BCUT2D eigenvalue weighted by atomic mass is 16.2. The molecule has 0 aromatic carbocycles. The first-order valence-electron chi connectivity index (χ1n) is 10.0. The lowest BCUT2D eigenvalue weighted by Gasteiger charge is -2.08. The number of nitrogens with two attached hydrogens (primary N) is 2. The number of hydrogen-bond donors (Lipinski definition) is 6. The molecule has 2 amide bonds. The largest absolute Gasteiger partial charge is 0.356 e. The van der Waals surface area contributed by atoms with Crippen LogP contribution in [0.25, 0.3) is 0 Å². The molecule has 1 unspecified atom stereocenters. The molecule has 0 aliphatic carbocycles. The third-order valence-corrected chi connectivity index (χ3v) is 3.90. The summed E-state index contributed by atoms with van der Waals surface area (Å²) in [6, 6.07) is 0.224. The number of nitrogens with zero attached hydrogens (tertiary/aromatic N) is 1. The van der Waals surface area contributed by atoms with E-state index in [4.69, 9.17) is 11.6 Å². The summed E-state index contributed by atoms with van der Waals surface area (Å²) in [4.78, 5) is 27.4. The Hall–Kier alpha value is -1.71. The summed E-state index contributed by atoms with van der Waals surface area (Å²) < 4.78 is 0. The van der Waals surface area contributed by atoms with Gasteiger partial charge < -0.3 is 27.1 Å². The Bertz CT molecular complexity index is 403. The molecule has 0 radical (unpaired) electrons. The van der Waals surface area contributed by atoms with Crippen LogP contribution in [0.1, 0.15) is 58.3 Å². The Morgan fingerprint density at radius 1 is 0.926 bits per heavy atom. The van der Waals surface area contributed by atoms with Crippen LogP contribution in [0.3, 0.4) is 0 Å². The van der Waals surface area contributed by atoms with E-state index < -0.39 is 0 Å². The normalized spacial score (nSPS) is 12.1. The average Bonchev–Trinajstić information content (AvgIpc) is 2.62. The van der Waals surface area contributed by atoms with Gasteiger partial charge in [0.15, 0.2) is 0 Å². The molecule has 0 heterocycles. The molecule has 27 heavy (non-hydrogen) atoms. The van der Waals surface area contributed by atoms with Crippen LogP contribution in [0.5, 0.6) is 0 Å². The molecule has 0 aromatic heterocycles. The molecule has 0 spiro atoms. The van der Waals surface area contributed by atoms with Crippen LogP contribution < -0.4 is 33.0 Å². The summed E-state index contributed by atoms with van der Waals surface area (Å²) >= 11 is 0. The summed E-state index contributed by atoms with van der Waals surface area (Å²) in [6.07, 6.45) is 8.20. The summed E-state index contributed by atoms with van der Waals surface area (Å²) in [5.74, 6) is 4.62. The van der Waals surface area contributed by atoms with Crippen LogP contribution in [-0.4, -0.2) is 56.9 Å². The highest BCUT2D eigenvalue weighted by Gasteiger charge is 2.07. The van der Waals surface area contributed by atoms with E-state index in [9.17, 15) is 9.59 Å². The van der Waals surface area contributed by atoms with Crippen molar-refractivity contribution >= 4 is 18.2 Å². The minimum atomic E-state index is -0.219. The van der Waals surface area contributed by atoms with Crippen molar-refractivity contribution in [3.05, 3.63) is 0 Å². The lowest BCUT2D eigenvalue weighted by molar-refractivity contribution is -0.129. The zero-order valence-electron chi connectivity index (χ0n) is 16.8. The minimum Gasteiger partial charge on any atom is -0.356 e.